The van der Waals surface area contributed by atoms with Crippen LogP contribution in [0.25, 0.3) is 6.08 Å². The lowest BCUT2D eigenvalue weighted by atomic mass is 10.1. The molecule has 1 aromatic rings. The topological polar surface area (TPSA) is 52.6 Å². The molecule has 0 fully saturated rings. The molecule has 0 aliphatic rings. The minimum absolute atomic E-state index is 0.504. The summed E-state index contributed by atoms with van der Waals surface area (Å²) in [6.07, 6.45) is 2.28. The van der Waals surface area contributed by atoms with Gasteiger partial charge in [0.25, 0.3) is 6.29 Å². The highest BCUT2D eigenvalue weighted by Crippen LogP contribution is 2.08. The van der Waals surface area contributed by atoms with E-state index in [4.69, 9.17) is 9.47 Å². The van der Waals surface area contributed by atoms with E-state index in [1.807, 2.05) is 31.2 Å². The van der Waals surface area contributed by atoms with Crippen LogP contribution in [-0.4, -0.2) is 18.2 Å². The third-order valence-electron chi connectivity index (χ3n) is 2.05. The van der Waals surface area contributed by atoms with E-state index < -0.39 is 18.2 Å². The molecule has 0 radical (unpaired) electrons. The van der Waals surface area contributed by atoms with Crippen LogP contribution in [0.1, 0.15) is 25.0 Å². The van der Waals surface area contributed by atoms with Crippen LogP contribution in [0.5, 0.6) is 0 Å². The van der Waals surface area contributed by atoms with Gasteiger partial charge in [0.1, 0.15) is 0 Å². The van der Waals surface area contributed by atoms with E-state index >= 15 is 0 Å². The van der Waals surface area contributed by atoms with Crippen molar-refractivity contribution in [3.8, 4) is 0 Å². The van der Waals surface area contributed by atoms with Crippen molar-refractivity contribution in [2.45, 2.75) is 27.1 Å². The standard InChI is InChI=1S/C14H16O4/c1-10-5-4-6-13(9-10)7-8-14(17-11(2)15)18-12(3)16/h4-9,14H,1-3H3. The molecule has 0 bridgehead atoms. The largest absolute Gasteiger partial charge is 0.421 e. The minimum atomic E-state index is -0.986. The fraction of sp³-hybridized carbons (Fsp3) is 0.286. The fourth-order valence-corrected chi connectivity index (χ4v) is 1.39. The summed E-state index contributed by atoms with van der Waals surface area (Å²) in [6, 6.07) is 7.77. The molecule has 0 aliphatic heterocycles. The summed E-state index contributed by atoms with van der Waals surface area (Å²) in [5, 5.41) is 0. The van der Waals surface area contributed by atoms with Gasteiger partial charge >= 0.3 is 11.9 Å². The molecule has 0 spiro atoms. The molecule has 0 atom stereocenters. The van der Waals surface area contributed by atoms with Gasteiger partial charge in [-0.05, 0) is 18.6 Å². The number of carbonyl (C=O) groups is 2. The average Bonchev–Trinajstić information content (AvgIpc) is 2.24. The zero-order valence-corrected chi connectivity index (χ0v) is 10.7. The quantitative estimate of drug-likeness (QED) is 0.606. The molecule has 18 heavy (non-hydrogen) atoms. The number of carbonyl (C=O) groups excluding carboxylic acids is 2. The Balaban J connectivity index is 2.75. The zero-order chi connectivity index (χ0) is 13.5. The molecular formula is C14H16O4. The highest BCUT2D eigenvalue weighted by molar-refractivity contribution is 5.68. The van der Waals surface area contributed by atoms with Crippen LogP contribution in [0, 0.1) is 6.92 Å². The monoisotopic (exact) mass is 248 g/mol. The first-order chi connectivity index (χ1) is 8.47. The third-order valence-corrected chi connectivity index (χ3v) is 2.05. The first-order valence-electron chi connectivity index (χ1n) is 5.56. The lowest BCUT2D eigenvalue weighted by Crippen LogP contribution is -2.19. The van der Waals surface area contributed by atoms with E-state index in [2.05, 4.69) is 0 Å². The molecule has 1 aromatic carbocycles. The van der Waals surface area contributed by atoms with Crippen LogP contribution >= 0.6 is 0 Å². The lowest BCUT2D eigenvalue weighted by molar-refractivity contribution is -0.176. The minimum Gasteiger partial charge on any atom is -0.421 e. The highest BCUT2D eigenvalue weighted by Gasteiger charge is 2.10. The number of benzene rings is 1. The maximum absolute atomic E-state index is 10.9. The van der Waals surface area contributed by atoms with Crippen LogP contribution in [0.2, 0.25) is 0 Å². The lowest BCUT2D eigenvalue weighted by Gasteiger charge is -2.12. The predicted octanol–water partition coefficient (Wildman–Crippen LogP) is 2.46. The van der Waals surface area contributed by atoms with Gasteiger partial charge in [-0.2, -0.15) is 0 Å². The Bertz CT molecular complexity index is 447. The average molecular weight is 248 g/mol. The van der Waals surface area contributed by atoms with Gasteiger partial charge in [0.05, 0.1) is 0 Å². The summed E-state index contributed by atoms with van der Waals surface area (Å²) in [4.78, 5) is 21.7. The van der Waals surface area contributed by atoms with Crippen LogP contribution in [0.3, 0.4) is 0 Å². The Morgan fingerprint density at radius 1 is 1.17 bits per heavy atom. The first kappa shape index (κ1) is 14.0. The molecule has 0 unspecified atom stereocenters. The molecule has 4 nitrogen and oxygen atoms in total. The van der Waals surface area contributed by atoms with Gasteiger partial charge < -0.3 is 9.47 Å². The molecule has 0 aromatic heterocycles. The number of esters is 2. The number of ether oxygens (including phenoxy) is 2. The normalized spacial score (nSPS) is 10.7. The Kier molecular flexibility index (Phi) is 5.11. The van der Waals surface area contributed by atoms with Crippen molar-refractivity contribution >= 4 is 18.0 Å². The van der Waals surface area contributed by atoms with Crippen molar-refractivity contribution in [2.24, 2.45) is 0 Å². The molecule has 0 amide bonds. The summed E-state index contributed by atoms with van der Waals surface area (Å²) < 4.78 is 9.69. The number of hydrogen-bond acceptors (Lipinski definition) is 4. The highest BCUT2D eigenvalue weighted by atomic mass is 16.7. The second kappa shape index (κ2) is 6.59. The predicted molar refractivity (Wildman–Crippen MR) is 67.5 cm³/mol. The van der Waals surface area contributed by atoms with Crippen LogP contribution < -0.4 is 0 Å². The first-order valence-corrected chi connectivity index (χ1v) is 5.56. The smallest absolute Gasteiger partial charge is 0.305 e. The van der Waals surface area contributed by atoms with Crippen molar-refractivity contribution < 1.29 is 19.1 Å². The van der Waals surface area contributed by atoms with E-state index in [9.17, 15) is 9.59 Å². The molecule has 0 saturated heterocycles. The molecule has 0 saturated carbocycles. The Labute approximate surface area is 106 Å². The molecule has 0 N–H and O–H groups in total. The molecule has 1 rings (SSSR count). The van der Waals surface area contributed by atoms with Gasteiger partial charge in [-0.15, -0.1) is 0 Å². The summed E-state index contributed by atoms with van der Waals surface area (Å²) in [7, 11) is 0. The Morgan fingerprint density at radius 3 is 2.28 bits per heavy atom. The summed E-state index contributed by atoms with van der Waals surface area (Å²) >= 11 is 0. The van der Waals surface area contributed by atoms with Crippen molar-refractivity contribution in [3.63, 3.8) is 0 Å². The van der Waals surface area contributed by atoms with Gasteiger partial charge in [-0.25, -0.2) is 0 Å². The summed E-state index contributed by atoms with van der Waals surface area (Å²) in [5.41, 5.74) is 2.06. The SMILES string of the molecule is CC(=O)OC(C=Cc1cccc(C)c1)OC(C)=O. The molecule has 4 heteroatoms. The fourth-order valence-electron chi connectivity index (χ4n) is 1.39. The van der Waals surface area contributed by atoms with Gasteiger partial charge in [0.15, 0.2) is 0 Å². The van der Waals surface area contributed by atoms with E-state index in [0.29, 0.717) is 0 Å². The van der Waals surface area contributed by atoms with E-state index in [1.165, 1.54) is 19.9 Å². The van der Waals surface area contributed by atoms with Crippen molar-refractivity contribution in [3.05, 3.63) is 41.5 Å². The molecule has 0 aliphatic carbocycles. The van der Waals surface area contributed by atoms with Gasteiger partial charge in [0, 0.05) is 13.8 Å². The van der Waals surface area contributed by atoms with Crippen LogP contribution in [-0.2, 0) is 19.1 Å². The van der Waals surface area contributed by atoms with Crippen molar-refractivity contribution in [1.82, 2.24) is 0 Å². The van der Waals surface area contributed by atoms with Crippen LogP contribution in [0.15, 0.2) is 30.3 Å². The van der Waals surface area contributed by atoms with Crippen molar-refractivity contribution in [1.29, 1.82) is 0 Å². The van der Waals surface area contributed by atoms with Gasteiger partial charge in [0.2, 0.25) is 0 Å². The van der Waals surface area contributed by atoms with E-state index in [1.54, 1.807) is 6.08 Å². The zero-order valence-electron chi connectivity index (χ0n) is 10.7. The number of hydrogen-bond donors (Lipinski definition) is 0. The second-order valence-corrected chi connectivity index (χ2v) is 3.86. The third kappa shape index (κ3) is 5.30. The van der Waals surface area contributed by atoms with E-state index in [0.717, 1.165) is 11.1 Å². The van der Waals surface area contributed by atoms with Gasteiger partial charge in [-0.3, -0.25) is 9.59 Å². The van der Waals surface area contributed by atoms with E-state index in [-0.39, 0.29) is 0 Å². The van der Waals surface area contributed by atoms with Crippen LogP contribution in [0.4, 0.5) is 0 Å². The number of rotatable bonds is 4. The Hall–Kier alpha value is -2.10. The van der Waals surface area contributed by atoms with Crippen molar-refractivity contribution in [2.75, 3.05) is 0 Å². The molecule has 0 heterocycles. The summed E-state index contributed by atoms with van der Waals surface area (Å²) in [6.45, 7) is 4.50. The number of aryl methyl sites for hydroxylation is 1. The maximum Gasteiger partial charge on any atom is 0.305 e. The van der Waals surface area contributed by atoms with Gasteiger partial charge in [-0.1, -0.05) is 35.9 Å². The molecular weight excluding hydrogens is 232 g/mol. The molecule has 96 valence electrons. The maximum atomic E-state index is 10.9. The summed E-state index contributed by atoms with van der Waals surface area (Å²) in [5.74, 6) is -1.01. The Morgan fingerprint density at radius 2 is 1.78 bits per heavy atom. The second-order valence-electron chi connectivity index (χ2n) is 3.86.